The van der Waals surface area contributed by atoms with Crippen molar-refractivity contribution in [1.29, 1.82) is 0 Å². The molecule has 1 aliphatic rings. The van der Waals surface area contributed by atoms with Gasteiger partial charge in [-0.05, 0) is 72.9 Å². The number of fused-ring (bicyclic) bond motifs is 1. The number of sulfonamides is 1. The van der Waals surface area contributed by atoms with Gasteiger partial charge >= 0.3 is 0 Å². The fraction of sp³-hybridized carbons (Fsp3) is 0.174. The molecule has 0 bridgehead atoms. The van der Waals surface area contributed by atoms with Crippen LogP contribution in [0.15, 0.2) is 77.7 Å². The smallest absolute Gasteiger partial charge is 0.261 e. The Labute approximate surface area is 175 Å². The molecule has 1 atom stereocenters. The topological polar surface area (TPSA) is 75.3 Å². The Bertz CT molecular complexity index is 1180. The molecule has 0 saturated carbocycles. The van der Waals surface area contributed by atoms with Gasteiger partial charge in [0.15, 0.2) is 0 Å². The second kappa shape index (κ2) is 8.28. The Morgan fingerprint density at radius 2 is 1.73 bits per heavy atom. The Balaban J connectivity index is 1.53. The summed E-state index contributed by atoms with van der Waals surface area (Å²) in [6.45, 7) is 0. The number of hydrogen-bond donors (Lipinski definition) is 2. The fourth-order valence-corrected chi connectivity index (χ4v) is 4.79. The van der Waals surface area contributed by atoms with E-state index in [0.29, 0.717) is 0 Å². The Kier molecular flexibility index (Phi) is 5.55. The summed E-state index contributed by atoms with van der Waals surface area (Å²) in [7, 11) is -3.92. The highest BCUT2D eigenvalue weighted by Crippen LogP contribution is 2.29. The number of anilines is 1. The van der Waals surface area contributed by atoms with Crippen LogP contribution < -0.4 is 10.0 Å². The molecule has 0 radical (unpaired) electrons. The maximum Gasteiger partial charge on any atom is 0.261 e. The quantitative estimate of drug-likeness (QED) is 0.636. The average molecular weight is 424 g/mol. The van der Waals surface area contributed by atoms with E-state index in [2.05, 4.69) is 16.1 Å². The van der Waals surface area contributed by atoms with Crippen molar-refractivity contribution in [3.8, 4) is 0 Å². The van der Waals surface area contributed by atoms with Gasteiger partial charge in [-0.25, -0.2) is 12.8 Å². The predicted molar refractivity (Wildman–Crippen MR) is 113 cm³/mol. The third-order valence-electron chi connectivity index (χ3n) is 5.18. The number of rotatable bonds is 5. The molecule has 0 saturated heterocycles. The summed E-state index contributed by atoms with van der Waals surface area (Å²) in [4.78, 5) is 12.8. The van der Waals surface area contributed by atoms with E-state index in [1.165, 1.54) is 48.0 Å². The van der Waals surface area contributed by atoms with Crippen molar-refractivity contribution in [2.45, 2.75) is 30.2 Å². The summed E-state index contributed by atoms with van der Waals surface area (Å²) in [6.07, 6.45) is 2.82. The Hall–Kier alpha value is -3.19. The molecule has 0 aromatic heterocycles. The van der Waals surface area contributed by atoms with E-state index >= 15 is 0 Å². The standard InChI is InChI=1S/C23H21FN2O3S/c24-18-11-13-19(14-12-18)26-30(28,29)20-8-3-7-17(15-20)23(27)25-22-10-4-6-16-5-1-2-9-21(16)22/h1-3,5,7-9,11-15,22,26H,4,6,10H2,(H,25,27)/t22-/m0/s1. The summed E-state index contributed by atoms with van der Waals surface area (Å²) in [6, 6.07) is 18.8. The molecule has 154 valence electrons. The lowest BCUT2D eigenvalue weighted by molar-refractivity contribution is 0.0932. The highest BCUT2D eigenvalue weighted by molar-refractivity contribution is 7.92. The molecule has 3 aromatic rings. The highest BCUT2D eigenvalue weighted by atomic mass is 32.2. The first-order chi connectivity index (χ1) is 14.4. The number of nitrogens with one attached hydrogen (secondary N) is 2. The van der Waals surface area contributed by atoms with Crippen molar-refractivity contribution in [3.63, 3.8) is 0 Å². The van der Waals surface area contributed by atoms with Crippen molar-refractivity contribution in [2.75, 3.05) is 4.72 Å². The van der Waals surface area contributed by atoms with Gasteiger partial charge in [-0.1, -0.05) is 30.3 Å². The van der Waals surface area contributed by atoms with Crippen LogP contribution in [-0.2, 0) is 16.4 Å². The van der Waals surface area contributed by atoms with Crippen molar-refractivity contribution < 1.29 is 17.6 Å². The van der Waals surface area contributed by atoms with Crippen molar-refractivity contribution >= 4 is 21.6 Å². The van der Waals surface area contributed by atoms with Gasteiger partial charge in [0.25, 0.3) is 15.9 Å². The van der Waals surface area contributed by atoms with Gasteiger partial charge in [-0.3, -0.25) is 9.52 Å². The van der Waals surface area contributed by atoms with Crippen LogP contribution in [-0.4, -0.2) is 14.3 Å². The number of benzene rings is 3. The monoisotopic (exact) mass is 424 g/mol. The van der Waals surface area contributed by atoms with E-state index in [1.54, 1.807) is 6.07 Å². The molecule has 0 heterocycles. The third-order valence-corrected chi connectivity index (χ3v) is 6.56. The van der Waals surface area contributed by atoms with E-state index < -0.39 is 15.8 Å². The summed E-state index contributed by atoms with van der Waals surface area (Å²) >= 11 is 0. The van der Waals surface area contributed by atoms with Gasteiger partial charge in [0.05, 0.1) is 10.9 Å². The minimum atomic E-state index is -3.92. The Morgan fingerprint density at radius 3 is 2.53 bits per heavy atom. The maximum absolute atomic E-state index is 13.0. The summed E-state index contributed by atoms with van der Waals surface area (Å²) in [5, 5.41) is 3.03. The largest absolute Gasteiger partial charge is 0.345 e. The zero-order valence-corrected chi connectivity index (χ0v) is 17.0. The minimum Gasteiger partial charge on any atom is -0.345 e. The number of carbonyl (C=O) groups excluding carboxylic acids is 1. The van der Waals surface area contributed by atoms with Gasteiger partial charge in [0.2, 0.25) is 0 Å². The van der Waals surface area contributed by atoms with Gasteiger partial charge in [0.1, 0.15) is 5.82 Å². The van der Waals surface area contributed by atoms with Gasteiger partial charge in [-0.15, -0.1) is 0 Å². The van der Waals surface area contributed by atoms with E-state index in [9.17, 15) is 17.6 Å². The van der Waals surface area contributed by atoms with Gasteiger partial charge < -0.3 is 5.32 Å². The van der Waals surface area contributed by atoms with E-state index in [4.69, 9.17) is 0 Å². The van der Waals surface area contributed by atoms with Crippen LogP contribution in [0.1, 0.15) is 40.4 Å². The number of carbonyl (C=O) groups is 1. The molecule has 5 nitrogen and oxygen atoms in total. The highest BCUT2D eigenvalue weighted by Gasteiger charge is 2.23. The van der Waals surface area contributed by atoms with E-state index in [1.807, 2.05) is 18.2 Å². The first kappa shape index (κ1) is 20.1. The van der Waals surface area contributed by atoms with Crippen LogP contribution in [0.3, 0.4) is 0 Å². The average Bonchev–Trinajstić information content (AvgIpc) is 2.75. The molecular formula is C23H21FN2O3S. The van der Waals surface area contributed by atoms with Crippen molar-refractivity contribution in [2.24, 2.45) is 0 Å². The molecule has 30 heavy (non-hydrogen) atoms. The van der Waals surface area contributed by atoms with Crippen LogP contribution in [0.25, 0.3) is 0 Å². The first-order valence-electron chi connectivity index (χ1n) is 9.69. The predicted octanol–water partition coefficient (Wildman–Crippen LogP) is 4.43. The fourth-order valence-electron chi connectivity index (χ4n) is 3.68. The summed E-state index contributed by atoms with van der Waals surface area (Å²) in [5.74, 6) is -0.781. The summed E-state index contributed by atoms with van der Waals surface area (Å²) in [5.41, 5.74) is 2.85. The molecule has 0 spiro atoms. The van der Waals surface area contributed by atoms with Gasteiger partial charge in [0, 0.05) is 11.3 Å². The normalized spacial score (nSPS) is 15.8. The molecule has 4 rings (SSSR count). The van der Waals surface area contributed by atoms with Crippen LogP contribution in [0, 0.1) is 5.82 Å². The molecule has 2 N–H and O–H groups in total. The van der Waals surface area contributed by atoms with E-state index in [0.717, 1.165) is 24.8 Å². The Morgan fingerprint density at radius 1 is 0.967 bits per heavy atom. The first-order valence-corrected chi connectivity index (χ1v) is 11.2. The lowest BCUT2D eigenvalue weighted by atomic mass is 9.87. The lowest BCUT2D eigenvalue weighted by Crippen LogP contribution is -2.31. The zero-order valence-electron chi connectivity index (χ0n) is 16.1. The van der Waals surface area contributed by atoms with Crippen molar-refractivity contribution in [3.05, 3.63) is 95.3 Å². The minimum absolute atomic E-state index is 0.0384. The summed E-state index contributed by atoms with van der Waals surface area (Å²) < 4.78 is 40.8. The SMILES string of the molecule is O=C(N[C@H]1CCCc2ccccc21)c1cccc(S(=O)(=O)Nc2ccc(F)cc2)c1. The van der Waals surface area contributed by atoms with Gasteiger partial charge in [-0.2, -0.15) is 0 Å². The second-order valence-corrected chi connectivity index (χ2v) is 8.94. The molecule has 0 aliphatic heterocycles. The molecular weight excluding hydrogens is 403 g/mol. The number of aryl methyl sites for hydroxylation is 1. The molecule has 7 heteroatoms. The lowest BCUT2D eigenvalue weighted by Gasteiger charge is -2.26. The molecule has 3 aromatic carbocycles. The maximum atomic E-state index is 13.0. The van der Waals surface area contributed by atoms with E-state index in [-0.39, 0.29) is 28.1 Å². The van der Waals surface area contributed by atoms with Crippen molar-refractivity contribution in [1.82, 2.24) is 5.32 Å². The van der Waals surface area contributed by atoms with Crippen LogP contribution in [0.2, 0.25) is 0 Å². The third kappa shape index (κ3) is 4.36. The number of hydrogen-bond acceptors (Lipinski definition) is 3. The second-order valence-electron chi connectivity index (χ2n) is 7.26. The molecule has 1 amide bonds. The molecule has 0 unspecified atom stereocenters. The van der Waals surface area contributed by atoms with Crippen LogP contribution >= 0.6 is 0 Å². The number of amides is 1. The molecule has 1 aliphatic carbocycles. The molecule has 0 fully saturated rings. The van der Waals surface area contributed by atoms with Crippen LogP contribution in [0.5, 0.6) is 0 Å². The number of halogens is 1. The zero-order chi connectivity index (χ0) is 21.1. The van der Waals surface area contributed by atoms with Crippen LogP contribution in [0.4, 0.5) is 10.1 Å².